The predicted octanol–water partition coefficient (Wildman–Crippen LogP) is 2.52. The molecule has 0 amide bonds. The lowest BCUT2D eigenvalue weighted by Crippen LogP contribution is -2.34. The zero-order valence-electron chi connectivity index (χ0n) is 10.8. The van der Waals surface area contributed by atoms with Crippen LogP contribution >= 0.6 is 11.8 Å². The molecule has 0 unspecified atom stereocenters. The van der Waals surface area contributed by atoms with Crippen LogP contribution in [0.2, 0.25) is 0 Å². The molecule has 1 heterocycles. The van der Waals surface area contributed by atoms with Crippen LogP contribution in [0, 0.1) is 0 Å². The van der Waals surface area contributed by atoms with Crippen LogP contribution in [0.5, 0.6) is 0 Å². The van der Waals surface area contributed by atoms with Gasteiger partial charge >= 0.3 is 0 Å². The Kier molecular flexibility index (Phi) is 5.35. The van der Waals surface area contributed by atoms with Gasteiger partial charge in [0.15, 0.2) is 0 Å². The van der Waals surface area contributed by atoms with Crippen molar-refractivity contribution in [2.75, 3.05) is 12.0 Å². The highest BCUT2D eigenvalue weighted by molar-refractivity contribution is 7.98. The van der Waals surface area contributed by atoms with Gasteiger partial charge < -0.3 is 5.32 Å². The fraction of sp³-hybridized carbons (Fsp3) is 0.750. The summed E-state index contributed by atoms with van der Waals surface area (Å²) in [5, 5.41) is 7.82. The van der Waals surface area contributed by atoms with Gasteiger partial charge in [-0.05, 0) is 39.2 Å². The van der Waals surface area contributed by atoms with Crippen molar-refractivity contribution in [1.82, 2.24) is 15.1 Å². The number of thioether (sulfide) groups is 1. The molecule has 92 valence electrons. The third-order valence-corrected chi connectivity index (χ3v) is 2.94. The molecule has 0 fully saturated rings. The third kappa shape index (κ3) is 5.56. The largest absolute Gasteiger partial charge is 0.308 e. The van der Waals surface area contributed by atoms with E-state index >= 15 is 0 Å². The summed E-state index contributed by atoms with van der Waals surface area (Å²) in [5.74, 6) is 1.20. The molecule has 16 heavy (non-hydrogen) atoms. The van der Waals surface area contributed by atoms with Crippen LogP contribution in [0.25, 0.3) is 0 Å². The van der Waals surface area contributed by atoms with Gasteiger partial charge in [-0.15, -0.1) is 0 Å². The maximum atomic E-state index is 4.36. The number of nitrogens with one attached hydrogen (secondary N) is 1. The van der Waals surface area contributed by atoms with Crippen LogP contribution < -0.4 is 5.32 Å². The SMILES string of the molecule is CSCCCn1cc(CNC(C)(C)C)cn1. The van der Waals surface area contributed by atoms with Crippen LogP contribution in [0.3, 0.4) is 0 Å². The minimum Gasteiger partial charge on any atom is -0.308 e. The molecule has 1 rings (SSSR count). The van der Waals surface area contributed by atoms with Crippen molar-refractivity contribution in [3.8, 4) is 0 Å². The zero-order chi connectivity index (χ0) is 12.0. The third-order valence-electron chi connectivity index (χ3n) is 2.25. The molecule has 0 aliphatic rings. The molecule has 0 aromatic carbocycles. The molecule has 4 heteroatoms. The summed E-state index contributed by atoms with van der Waals surface area (Å²) in [6.45, 7) is 8.45. The lowest BCUT2D eigenvalue weighted by atomic mass is 10.1. The highest BCUT2D eigenvalue weighted by Crippen LogP contribution is 2.04. The molecule has 0 aliphatic heterocycles. The van der Waals surface area contributed by atoms with Gasteiger partial charge in [-0.2, -0.15) is 16.9 Å². The average molecular weight is 241 g/mol. The van der Waals surface area contributed by atoms with Gasteiger partial charge in [0.25, 0.3) is 0 Å². The molecule has 3 nitrogen and oxygen atoms in total. The molecule has 0 bridgehead atoms. The van der Waals surface area contributed by atoms with Gasteiger partial charge in [-0.1, -0.05) is 0 Å². The maximum absolute atomic E-state index is 4.36. The van der Waals surface area contributed by atoms with E-state index in [1.807, 2.05) is 22.6 Å². The molecule has 1 N–H and O–H groups in total. The summed E-state index contributed by atoms with van der Waals surface area (Å²) in [6, 6.07) is 0. The van der Waals surface area contributed by atoms with Crippen molar-refractivity contribution in [3.63, 3.8) is 0 Å². The fourth-order valence-electron chi connectivity index (χ4n) is 1.36. The summed E-state index contributed by atoms with van der Waals surface area (Å²) in [6.07, 6.45) is 7.42. The van der Waals surface area contributed by atoms with E-state index in [1.165, 1.54) is 17.7 Å². The van der Waals surface area contributed by atoms with Crippen LogP contribution in [0.15, 0.2) is 12.4 Å². The Morgan fingerprint density at radius 2 is 2.19 bits per heavy atom. The summed E-state index contributed by atoms with van der Waals surface area (Å²) in [4.78, 5) is 0. The van der Waals surface area contributed by atoms with Gasteiger partial charge in [-0.3, -0.25) is 4.68 Å². The first-order valence-electron chi connectivity index (χ1n) is 5.76. The first-order valence-corrected chi connectivity index (χ1v) is 7.16. The Morgan fingerprint density at radius 3 is 2.81 bits per heavy atom. The molecule has 1 aromatic rings. The summed E-state index contributed by atoms with van der Waals surface area (Å²) < 4.78 is 2.04. The Bertz CT molecular complexity index is 301. The Labute approximate surface area is 103 Å². The number of aromatic nitrogens is 2. The maximum Gasteiger partial charge on any atom is 0.0534 e. The standard InChI is InChI=1S/C12H23N3S/c1-12(2,3)13-8-11-9-14-15(10-11)6-5-7-16-4/h9-10,13H,5-8H2,1-4H3. The van der Waals surface area contributed by atoms with Gasteiger partial charge in [0.2, 0.25) is 0 Å². The number of rotatable bonds is 6. The molecule has 1 aromatic heterocycles. The quantitative estimate of drug-likeness (QED) is 0.776. The van der Waals surface area contributed by atoms with E-state index < -0.39 is 0 Å². The van der Waals surface area contributed by atoms with E-state index in [0.29, 0.717) is 0 Å². The van der Waals surface area contributed by atoms with E-state index in [4.69, 9.17) is 0 Å². The van der Waals surface area contributed by atoms with Crippen molar-refractivity contribution in [2.45, 2.75) is 45.8 Å². The van der Waals surface area contributed by atoms with Gasteiger partial charge in [0.05, 0.1) is 6.20 Å². The van der Waals surface area contributed by atoms with Crippen molar-refractivity contribution < 1.29 is 0 Å². The van der Waals surface area contributed by atoms with Gasteiger partial charge in [0.1, 0.15) is 0 Å². The van der Waals surface area contributed by atoms with Crippen molar-refractivity contribution in [1.29, 1.82) is 0 Å². The second kappa shape index (κ2) is 6.30. The molecular formula is C12H23N3S. The van der Waals surface area contributed by atoms with E-state index in [1.54, 1.807) is 0 Å². The number of nitrogens with zero attached hydrogens (tertiary/aromatic N) is 2. The number of hydrogen-bond acceptors (Lipinski definition) is 3. The van der Waals surface area contributed by atoms with Crippen LogP contribution in [-0.2, 0) is 13.1 Å². The second-order valence-corrected chi connectivity index (χ2v) is 6.05. The van der Waals surface area contributed by atoms with Crippen molar-refractivity contribution >= 4 is 11.8 Å². The first-order chi connectivity index (χ1) is 7.51. The van der Waals surface area contributed by atoms with E-state index in [-0.39, 0.29) is 5.54 Å². The molecule has 0 atom stereocenters. The second-order valence-electron chi connectivity index (χ2n) is 5.06. The molecule has 0 saturated heterocycles. The molecule has 0 saturated carbocycles. The Morgan fingerprint density at radius 1 is 1.44 bits per heavy atom. The number of aryl methyl sites for hydroxylation is 1. The molecular weight excluding hydrogens is 218 g/mol. The van der Waals surface area contributed by atoms with Crippen molar-refractivity contribution in [3.05, 3.63) is 18.0 Å². The normalized spacial score (nSPS) is 12.0. The average Bonchev–Trinajstić information content (AvgIpc) is 2.62. The highest BCUT2D eigenvalue weighted by Gasteiger charge is 2.08. The zero-order valence-corrected chi connectivity index (χ0v) is 11.6. The van der Waals surface area contributed by atoms with Gasteiger partial charge in [0, 0.05) is 30.4 Å². The smallest absolute Gasteiger partial charge is 0.0534 e. The molecule has 0 radical (unpaired) electrons. The van der Waals surface area contributed by atoms with Gasteiger partial charge in [-0.25, -0.2) is 0 Å². The van der Waals surface area contributed by atoms with E-state index in [2.05, 4.69) is 43.6 Å². The first kappa shape index (κ1) is 13.6. The predicted molar refractivity (Wildman–Crippen MR) is 71.8 cm³/mol. The Hall–Kier alpha value is -0.480. The molecule has 0 spiro atoms. The summed E-state index contributed by atoms with van der Waals surface area (Å²) >= 11 is 1.89. The van der Waals surface area contributed by atoms with Crippen LogP contribution in [-0.4, -0.2) is 27.3 Å². The topological polar surface area (TPSA) is 29.9 Å². The fourth-order valence-corrected chi connectivity index (χ4v) is 1.78. The lowest BCUT2D eigenvalue weighted by molar-refractivity contribution is 0.424. The summed E-state index contributed by atoms with van der Waals surface area (Å²) in [5.41, 5.74) is 1.43. The van der Waals surface area contributed by atoms with Crippen molar-refractivity contribution in [2.24, 2.45) is 0 Å². The monoisotopic (exact) mass is 241 g/mol. The van der Waals surface area contributed by atoms with E-state index in [9.17, 15) is 0 Å². The summed E-state index contributed by atoms with van der Waals surface area (Å²) in [7, 11) is 0. The lowest BCUT2D eigenvalue weighted by Gasteiger charge is -2.19. The Balaban J connectivity index is 2.33. The molecule has 0 aliphatic carbocycles. The van der Waals surface area contributed by atoms with E-state index in [0.717, 1.165) is 13.1 Å². The number of hydrogen-bond donors (Lipinski definition) is 1. The minimum absolute atomic E-state index is 0.168. The highest BCUT2D eigenvalue weighted by atomic mass is 32.2. The minimum atomic E-state index is 0.168. The van der Waals surface area contributed by atoms with Crippen LogP contribution in [0.1, 0.15) is 32.8 Å². The van der Waals surface area contributed by atoms with Crippen LogP contribution in [0.4, 0.5) is 0 Å².